The molecule has 2 unspecified atom stereocenters. The summed E-state index contributed by atoms with van der Waals surface area (Å²) in [6.45, 7) is 0. The van der Waals surface area contributed by atoms with Crippen molar-refractivity contribution in [2.45, 2.75) is 11.3 Å². The summed E-state index contributed by atoms with van der Waals surface area (Å²) in [6, 6.07) is 91.6. The zero-order valence-corrected chi connectivity index (χ0v) is 36.6. The van der Waals surface area contributed by atoms with Crippen LogP contribution in [-0.4, -0.2) is 0 Å². The maximum Gasteiger partial charge on any atom is 0.0540 e. The van der Waals surface area contributed by atoms with Gasteiger partial charge in [0, 0.05) is 28.8 Å². The van der Waals surface area contributed by atoms with Crippen LogP contribution >= 0.6 is 0 Å². The lowest BCUT2D eigenvalue weighted by Gasteiger charge is -2.39. The molecule has 0 amide bonds. The number of benzene rings is 10. The van der Waals surface area contributed by atoms with E-state index in [9.17, 15) is 0 Å². The van der Waals surface area contributed by atoms with E-state index < -0.39 is 0 Å². The molecule has 1 nitrogen and oxygen atoms in total. The highest BCUT2D eigenvalue weighted by Gasteiger charge is 2.52. The zero-order chi connectivity index (χ0) is 43.9. The summed E-state index contributed by atoms with van der Waals surface area (Å²) in [5.74, 6) is 0.522. The highest BCUT2D eigenvalue weighted by atomic mass is 15.1. The molecule has 66 heavy (non-hydrogen) atoms. The Balaban J connectivity index is 1.02. The lowest BCUT2D eigenvalue weighted by Crippen LogP contribution is -2.35. The molecule has 0 bridgehead atoms. The summed E-state index contributed by atoms with van der Waals surface area (Å²) in [7, 11) is 0. The second-order valence-electron chi connectivity index (χ2n) is 17.6. The Labute approximate surface area is 387 Å². The molecule has 10 aromatic carbocycles. The smallest absolute Gasteiger partial charge is 0.0540 e. The highest BCUT2D eigenvalue weighted by molar-refractivity contribution is 6.06. The Morgan fingerprint density at radius 1 is 0.364 bits per heavy atom. The predicted octanol–water partition coefficient (Wildman–Crippen LogP) is 17.2. The molecule has 0 radical (unpaired) electrons. The fourth-order valence-corrected chi connectivity index (χ4v) is 11.1. The van der Waals surface area contributed by atoms with E-state index in [1.165, 1.54) is 72.0 Å². The summed E-state index contributed by atoms with van der Waals surface area (Å²) in [5.41, 5.74) is 17.9. The molecule has 1 heteroatoms. The van der Waals surface area contributed by atoms with E-state index >= 15 is 0 Å². The first kappa shape index (κ1) is 39.3. The number of rotatable bonds is 9. The van der Waals surface area contributed by atoms with E-state index in [1.54, 1.807) is 0 Å². The molecule has 0 aliphatic heterocycles. The van der Waals surface area contributed by atoms with Crippen LogP contribution in [0, 0.1) is 5.92 Å². The monoisotopic (exact) mass is 841 g/mol. The molecular weight excluding hydrogens is 795 g/mol. The molecule has 0 spiro atoms. The van der Waals surface area contributed by atoms with E-state index in [1.807, 2.05) is 0 Å². The molecule has 2 aliphatic rings. The maximum atomic E-state index is 2.50. The van der Waals surface area contributed by atoms with Gasteiger partial charge >= 0.3 is 0 Å². The predicted molar refractivity (Wildman–Crippen MR) is 278 cm³/mol. The van der Waals surface area contributed by atoms with Gasteiger partial charge in [0.15, 0.2) is 0 Å². The van der Waals surface area contributed by atoms with Gasteiger partial charge in [-0.15, -0.1) is 0 Å². The van der Waals surface area contributed by atoms with Crippen LogP contribution in [0.4, 0.5) is 17.1 Å². The van der Waals surface area contributed by atoms with Gasteiger partial charge < -0.3 is 4.90 Å². The highest BCUT2D eigenvalue weighted by Crippen LogP contribution is 2.60. The van der Waals surface area contributed by atoms with Crippen LogP contribution < -0.4 is 4.90 Å². The molecule has 0 fully saturated rings. The van der Waals surface area contributed by atoms with Gasteiger partial charge in [-0.25, -0.2) is 0 Å². The van der Waals surface area contributed by atoms with Crippen molar-refractivity contribution in [2.24, 2.45) is 5.92 Å². The van der Waals surface area contributed by atoms with Crippen molar-refractivity contribution in [3.63, 3.8) is 0 Å². The number of para-hydroxylation sites is 2. The van der Waals surface area contributed by atoms with Gasteiger partial charge in [-0.1, -0.05) is 237 Å². The average molecular weight is 842 g/mol. The summed E-state index contributed by atoms with van der Waals surface area (Å²) < 4.78 is 0. The molecule has 312 valence electrons. The van der Waals surface area contributed by atoms with Crippen LogP contribution in [0.25, 0.3) is 55.3 Å². The van der Waals surface area contributed by atoms with Crippen molar-refractivity contribution in [2.75, 3.05) is 4.90 Å². The molecule has 0 heterocycles. The SMILES string of the molecule is C1=CC2c3ccc(-c4cccc(N(c5ccccc5)c5ccccc5-c5ccc6ccccc6c5-c5ccc(-c6ccccc6)cc5)c4)cc3C(c3ccccc3)(c3ccccc3)C2C=C1. The number of allylic oxidation sites excluding steroid dienone is 4. The number of anilines is 3. The van der Waals surface area contributed by atoms with Crippen molar-refractivity contribution in [3.8, 4) is 44.5 Å². The second-order valence-corrected chi connectivity index (χ2v) is 17.6. The lowest BCUT2D eigenvalue weighted by molar-refractivity contribution is 0.457. The van der Waals surface area contributed by atoms with Crippen LogP contribution in [0.3, 0.4) is 0 Å². The van der Waals surface area contributed by atoms with Crippen molar-refractivity contribution < 1.29 is 0 Å². The van der Waals surface area contributed by atoms with Crippen LogP contribution in [-0.2, 0) is 5.41 Å². The Kier molecular flexibility index (Phi) is 9.95. The van der Waals surface area contributed by atoms with E-state index in [0.717, 1.165) is 22.6 Å². The van der Waals surface area contributed by atoms with Crippen molar-refractivity contribution in [3.05, 3.63) is 295 Å². The molecule has 0 saturated carbocycles. The van der Waals surface area contributed by atoms with Crippen molar-refractivity contribution >= 4 is 27.8 Å². The van der Waals surface area contributed by atoms with Gasteiger partial charge in [0.05, 0.1) is 11.1 Å². The van der Waals surface area contributed by atoms with Crippen LogP contribution in [0.2, 0.25) is 0 Å². The van der Waals surface area contributed by atoms with E-state index in [0.29, 0.717) is 0 Å². The molecule has 2 aliphatic carbocycles. The Morgan fingerprint density at radius 3 is 1.68 bits per heavy atom. The normalized spacial score (nSPS) is 15.6. The third-order valence-electron chi connectivity index (χ3n) is 14.0. The summed E-state index contributed by atoms with van der Waals surface area (Å²) in [4.78, 5) is 2.44. The third kappa shape index (κ3) is 6.63. The van der Waals surface area contributed by atoms with Gasteiger partial charge in [0.2, 0.25) is 0 Å². The summed E-state index contributed by atoms with van der Waals surface area (Å²) >= 11 is 0. The average Bonchev–Trinajstić information content (AvgIpc) is 3.70. The first-order valence-electron chi connectivity index (χ1n) is 23.1. The van der Waals surface area contributed by atoms with Crippen LogP contribution in [0.5, 0.6) is 0 Å². The molecule has 0 saturated heterocycles. The molecule has 0 N–H and O–H groups in total. The van der Waals surface area contributed by atoms with E-state index in [-0.39, 0.29) is 17.3 Å². The number of fused-ring (bicyclic) bond motifs is 4. The maximum absolute atomic E-state index is 2.50. The van der Waals surface area contributed by atoms with E-state index in [2.05, 4.69) is 278 Å². The Morgan fingerprint density at radius 2 is 0.924 bits per heavy atom. The molecule has 0 aromatic heterocycles. The van der Waals surface area contributed by atoms with Crippen LogP contribution in [0.1, 0.15) is 28.2 Å². The molecule has 12 rings (SSSR count). The number of nitrogens with zero attached hydrogens (tertiary/aromatic N) is 1. The Hall–Kier alpha value is -8.26. The number of hydrogen-bond acceptors (Lipinski definition) is 1. The van der Waals surface area contributed by atoms with Gasteiger partial charge in [-0.3, -0.25) is 0 Å². The first-order chi connectivity index (χ1) is 32.8. The largest absolute Gasteiger partial charge is 0.310 e. The molecular formula is C65H47N. The number of hydrogen-bond donors (Lipinski definition) is 0. The minimum Gasteiger partial charge on any atom is -0.310 e. The second kappa shape index (κ2) is 16.7. The van der Waals surface area contributed by atoms with Gasteiger partial charge in [0.25, 0.3) is 0 Å². The Bertz CT molecular complexity index is 3360. The minimum absolute atomic E-state index is 0.246. The van der Waals surface area contributed by atoms with Crippen molar-refractivity contribution in [1.29, 1.82) is 0 Å². The van der Waals surface area contributed by atoms with Crippen molar-refractivity contribution in [1.82, 2.24) is 0 Å². The third-order valence-corrected chi connectivity index (χ3v) is 14.0. The van der Waals surface area contributed by atoms with Crippen LogP contribution in [0.15, 0.2) is 273 Å². The zero-order valence-electron chi connectivity index (χ0n) is 36.6. The lowest BCUT2D eigenvalue weighted by atomic mass is 9.63. The van der Waals surface area contributed by atoms with E-state index in [4.69, 9.17) is 0 Å². The molecule has 2 atom stereocenters. The summed E-state index contributed by atoms with van der Waals surface area (Å²) in [5, 5.41) is 2.45. The fourth-order valence-electron chi connectivity index (χ4n) is 11.1. The fraction of sp³-hybridized carbons (Fsp3) is 0.0462. The topological polar surface area (TPSA) is 3.24 Å². The summed E-state index contributed by atoms with van der Waals surface area (Å²) in [6.07, 6.45) is 9.33. The molecule has 10 aromatic rings. The van der Waals surface area contributed by atoms with Gasteiger partial charge in [-0.2, -0.15) is 0 Å². The quantitative estimate of drug-likeness (QED) is 0.140. The standard InChI is InChI=1S/C65H47N/c1-5-20-46(21-6-1)47-36-38-49(39-37-47)64-56-31-14-13-22-48(56)40-43-60(64)59-33-16-18-35-63(59)66(54-28-11-4-12-29-54)55-30-19-23-50(44-55)51-41-42-58-57-32-15-17-34-61(57)65(62(58)45-51,52-24-7-2-8-25-52)53-26-9-3-10-27-53/h1-45,57,61H. The minimum atomic E-state index is -0.355. The first-order valence-corrected chi connectivity index (χ1v) is 23.1. The van der Waals surface area contributed by atoms with Gasteiger partial charge in [0.1, 0.15) is 0 Å². The van der Waals surface area contributed by atoms with Gasteiger partial charge in [-0.05, 0) is 108 Å².